The zero-order valence-corrected chi connectivity index (χ0v) is 9.79. The van der Waals surface area contributed by atoms with Crippen LogP contribution in [-0.4, -0.2) is 35.3 Å². The normalized spacial score (nSPS) is 20.0. The SMILES string of the molecule is Cc1cc(C(=O)NCC2CCNC2)n(C)n1. The quantitative estimate of drug-likeness (QED) is 0.761. The van der Waals surface area contributed by atoms with Gasteiger partial charge in [0.05, 0.1) is 5.69 Å². The molecule has 1 atom stereocenters. The van der Waals surface area contributed by atoms with Crippen molar-refractivity contribution in [3.63, 3.8) is 0 Å². The van der Waals surface area contributed by atoms with Crippen molar-refractivity contribution in [2.45, 2.75) is 13.3 Å². The van der Waals surface area contributed by atoms with E-state index in [0.29, 0.717) is 11.6 Å². The van der Waals surface area contributed by atoms with E-state index >= 15 is 0 Å². The fourth-order valence-electron chi connectivity index (χ4n) is 2.04. The van der Waals surface area contributed by atoms with Crippen LogP contribution in [0.4, 0.5) is 0 Å². The molecule has 0 bridgehead atoms. The third-order valence-corrected chi connectivity index (χ3v) is 2.95. The van der Waals surface area contributed by atoms with Crippen molar-refractivity contribution in [2.75, 3.05) is 19.6 Å². The van der Waals surface area contributed by atoms with Crippen molar-refractivity contribution in [2.24, 2.45) is 13.0 Å². The van der Waals surface area contributed by atoms with E-state index in [1.165, 1.54) is 0 Å². The molecule has 5 nitrogen and oxygen atoms in total. The first-order chi connectivity index (χ1) is 7.66. The summed E-state index contributed by atoms with van der Waals surface area (Å²) in [6, 6.07) is 1.81. The molecule has 1 aromatic rings. The molecule has 2 N–H and O–H groups in total. The van der Waals surface area contributed by atoms with Crippen LogP contribution in [0.1, 0.15) is 22.6 Å². The third-order valence-electron chi connectivity index (χ3n) is 2.95. The van der Waals surface area contributed by atoms with Gasteiger partial charge in [-0.1, -0.05) is 0 Å². The predicted octanol–water partition coefficient (Wildman–Crippen LogP) is 0.0678. The molecule has 88 valence electrons. The zero-order chi connectivity index (χ0) is 11.5. The van der Waals surface area contributed by atoms with Crippen LogP contribution in [0, 0.1) is 12.8 Å². The highest BCUT2D eigenvalue weighted by atomic mass is 16.2. The molecule has 1 aliphatic rings. The number of nitrogens with zero attached hydrogens (tertiary/aromatic N) is 2. The number of aryl methyl sites for hydroxylation is 2. The Bertz CT molecular complexity index is 379. The van der Waals surface area contributed by atoms with Crippen molar-refractivity contribution in [1.82, 2.24) is 20.4 Å². The van der Waals surface area contributed by atoms with Gasteiger partial charge in [0, 0.05) is 13.6 Å². The lowest BCUT2D eigenvalue weighted by atomic mass is 10.1. The number of amides is 1. The minimum Gasteiger partial charge on any atom is -0.350 e. The molecular weight excluding hydrogens is 204 g/mol. The smallest absolute Gasteiger partial charge is 0.269 e. The Morgan fingerprint density at radius 3 is 3.12 bits per heavy atom. The minimum atomic E-state index is -0.0324. The van der Waals surface area contributed by atoms with Crippen molar-refractivity contribution >= 4 is 5.91 Å². The maximum absolute atomic E-state index is 11.8. The topological polar surface area (TPSA) is 59.0 Å². The average Bonchev–Trinajstić information content (AvgIpc) is 2.84. The van der Waals surface area contributed by atoms with Crippen LogP contribution in [0.15, 0.2) is 6.07 Å². The monoisotopic (exact) mass is 222 g/mol. The molecule has 2 rings (SSSR count). The summed E-state index contributed by atoms with van der Waals surface area (Å²) in [5.41, 5.74) is 1.50. The fraction of sp³-hybridized carbons (Fsp3) is 0.636. The molecule has 1 fully saturated rings. The Morgan fingerprint density at radius 1 is 1.75 bits per heavy atom. The minimum absolute atomic E-state index is 0.0324. The lowest BCUT2D eigenvalue weighted by Gasteiger charge is -2.09. The highest BCUT2D eigenvalue weighted by Gasteiger charge is 2.17. The Hall–Kier alpha value is -1.36. The summed E-state index contributed by atoms with van der Waals surface area (Å²) in [6.45, 7) is 4.70. The number of rotatable bonds is 3. The summed E-state index contributed by atoms with van der Waals surface area (Å²) in [6.07, 6.45) is 1.14. The van der Waals surface area contributed by atoms with Crippen LogP contribution >= 0.6 is 0 Å². The summed E-state index contributed by atoms with van der Waals surface area (Å²) in [4.78, 5) is 11.8. The average molecular weight is 222 g/mol. The first kappa shape index (κ1) is 11.1. The molecule has 0 spiro atoms. The number of aromatic nitrogens is 2. The second kappa shape index (κ2) is 4.65. The second-order valence-electron chi connectivity index (χ2n) is 4.36. The largest absolute Gasteiger partial charge is 0.350 e. The summed E-state index contributed by atoms with van der Waals surface area (Å²) in [5.74, 6) is 0.535. The lowest BCUT2D eigenvalue weighted by Crippen LogP contribution is -2.31. The summed E-state index contributed by atoms with van der Waals surface area (Å²) in [7, 11) is 1.79. The Morgan fingerprint density at radius 2 is 2.56 bits per heavy atom. The van der Waals surface area contributed by atoms with E-state index in [1.807, 2.05) is 13.0 Å². The highest BCUT2D eigenvalue weighted by molar-refractivity contribution is 5.92. The van der Waals surface area contributed by atoms with Gasteiger partial charge in [0.1, 0.15) is 5.69 Å². The summed E-state index contributed by atoms with van der Waals surface area (Å²) < 4.78 is 1.62. The first-order valence-electron chi connectivity index (χ1n) is 5.66. The molecule has 0 aromatic carbocycles. The standard InChI is InChI=1S/C11H18N4O/c1-8-5-10(15(2)14-8)11(16)13-7-9-3-4-12-6-9/h5,9,12H,3-4,6-7H2,1-2H3,(H,13,16). The Kier molecular flexibility index (Phi) is 3.24. The molecule has 16 heavy (non-hydrogen) atoms. The van der Waals surface area contributed by atoms with Gasteiger partial charge < -0.3 is 10.6 Å². The van der Waals surface area contributed by atoms with Gasteiger partial charge >= 0.3 is 0 Å². The summed E-state index contributed by atoms with van der Waals surface area (Å²) >= 11 is 0. The lowest BCUT2D eigenvalue weighted by molar-refractivity contribution is 0.0939. The number of carbonyl (C=O) groups excluding carboxylic acids is 1. The van der Waals surface area contributed by atoms with Crippen LogP contribution in [-0.2, 0) is 7.05 Å². The fourth-order valence-corrected chi connectivity index (χ4v) is 2.04. The van der Waals surface area contributed by atoms with Crippen molar-refractivity contribution in [1.29, 1.82) is 0 Å². The highest BCUT2D eigenvalue weighted by Crippen LogP contribution is 2.06. The van der Waals surface area contributed by atoms with Crippen LogP contribution in [0.2, 0.25) is 0 Å². The van der Waals surface area contributed by atoms with E-state index in [-0.39, 0.29) is 5.91 Å². The number of hydrogen-bond acceptors (Lipinski definition) is 3. The van der Waals surface area contributed by atoms with Gasteiger partial charge in [-0.05, 0) is 38.4 Å². The zero-order valence-electron chi connectivity index (χ0n) is 9.79. The van der Waals surface area contributed by atoms with Gasteiger partial charge in [0.2, 0.25) is 0 Å². The van der Waals surface area contributed by atoms with Crippen LogP contribution < -0.4 is 10.6 Å². The van der Waals surface area contributed by atoms with E-state index in [1.54, 1.807) is 11.7 Å². The van der Waals surface area contributed by atoms with E-state index < -0.39 is 0 Å². The number of carbonyl (C=O) groups is 1. The van der Waals surface area contributed by atoms with E-state index in [2.05, 4.69) is 15.7 Å². The van der Waals surface area contributed by atoms with Gasteiger partial charge in [-0.25, -0.2) is 0 Å². The predicted molar refractivity (Wildman–Crippen MR) is 61.3 cm³/mol. The molecule has 1 aliphatic heterocycles. The van der Waals surface area contributed by atoms with Crippen LogP contribution in [0.25, 0.3) is 0 Å². The maximum Gasteiger partial charge on any atom is 0.269 e. The molecule has 1 amide bonds. The molecule has 5 heteroatoms. The van der Waals surface area contributed by atoms with E-state index in [0.717, 1.165) is 31.7 Å². The molecule has 1 aromatic heterocycles. The van der Waals surface area contributed by atoms with Gasteiger partial charge in [-0.3, -0.25) is 9.48 Å². The summed E-state index contributed by atoms with van der Waals surface area (Å²) in [5, 5.41) is 10.4. The van der Waals surface area contributed by atoms with Crippen LogP contribution in [0.3, 0.4) is 0 Å². The molecule has 1 saturated heterocycles. The van der Waals surface area contributed by atoms with E-state index in [4.69, 9.17) is 0 Å². The maximum atomic E-state index is 11.8. The van der Waals surface area contributed by atoms with Gasteiger partial charge in [-0.15, -0.1) is 0 Å². The van der Waals surface area contributed by atoms with Crippen LogP contribution in [0.5, 0.6) is 0 Å². The number of hydrogen-bond donors (Lipinski definition) is 2. The first-order valence-corrected chi connectivity index (χ1v) is 5.66. The number of nitrogens with one attached hydrogen (secondary N) is 2. The third kappa shape index (κ3) is 2.41. The van der Waals surface area contributed by atoms with Crippen molar-refractivity contribution in [3.8, 4) is 0 Å². The van der Waals surface area contributed by atoms with Gasteiger partial charge in [0.15, 0.2) is 0 Å². The van der Waals surface area contributed by atoms with Gasteiger partial charge in [-0.2, -0.15) is 5.10 Å². The van der Waals surface area contributed by atoms with Crippen molar-refractivity contribution in [3.05, 3.63) is 17.5 Å². The molecule has 0 saturated carbocycles. The molecular formula is C11H18N4O. The van der Waals surface area contributed by atoms with Crippen molar-refractivity contribution < 1.29 is 4.79 Å². The molecule has 1 unspecified atom stereocenters. The second-order valence-corrected chi connectivity index (χ2v) is 4.36. The molecule has 0 radical (unpaired) electrons. The molecule has 0 aliphatic carbocycles. The Labute approximate surface area is 95.2 Å². The van der Waals surface area contributed by atoms with E-state index in [9.17, 15) is 4.79 Å². The van der Waals surface area contributed by atoms with Gasteiger partial charge in [0.25, 0.3) is 5.91 Å². The molecule has 2 heterocycles. The Balaban J connectivity index is 1.90.